The van der Waals surface area contributed by atoms with Crippen molar-refractivity contribution in [3.05, 3.63) is 50.8 Å². The van der Waals surface area contributed by atoms with Gasteiger partial charge in [-0.2, -0.15) is 23.7 Å². The van der Waals surface area contributed by atoms with E-state index in [1.54, 1.807) is 0 Å². The average molecular weight is 710 g/mol. The molecule has 0 spiro atoms. The summed E-state index contributed by atoms with van der Waals surface area (Å²) in [6, 6.07) is 2.11. The van der Waals surface area contributed by atoms with Crippen LogP contribution < -0.4 is 16.5 Å². The molecule has 5 rings (SSSR count). The van der Waals surface area contributed by atoms with Gasteiger partial charge in [0.05, 0.1) is 16.1 Å². The molecule has 0 aliphatic carbocycles. The number of aromatic nitrogens is 4. The molecule has 2 aliphatic rings. The number of oxime groups is 1. The van der Waals surface area contributed by atoms with Gasteiger partial charge in [0.25, 0.3) is 11.8 Å². The van der Waals surface area contributed by atoms with Crippen molar-refractivity contribution in [1.82, 2.24) is 28.7 Å². The van der Waals surface area contributed by atoms with E-state index in [1.165, 1.54) is 30.6 Å². The molecule has 2 aliphatic heterocycles. The number of nitrogens with zero attached hydrogens (tertiary/aromatic N) is 7. The maximum atomic E-state index is 13.1. The zero-order chi connectivity index (χ0) is 32.4. The minimum Gasteiger partial charge on any atom is -0.503 e. The number of pyridine rings is 1. The number of nitrogens with one attached hydrogen (secondary N) is 1. The van der Waals surface area contributed by atoms with Crippen molar-refractivity contribution in [2.24, 2.45) is 5.16 Å². The van der Waals surface area contributed by atoms with Crippen molar-refractivity contribution in [3.8, 4) is 11.8 Å². The number of hydrogen-bond donors (Lipinski definition) is 5. The third-order valence-corrected chi connectivity index (χ3v) is 11.3. The molecule has 2 amide bonds. The average Bonchev–Trinajstić information content (AvgIpc) is 3.62. The number of hydrogen-bond acceptors (Lipinski definition) is 18. The molecule has 2 atom stereocenters. The van der Waals surface area contributed by atoms with E-state index in [-0.39, 0.29) is 50.9 Å². The highest BCUT2D eigenvalue weighted by atomic mass is 32.2. The summed E-state index contributed by atoms with van der Waals surface area (Å²) in [7, 11) is 1.22. The summed E-state index contributed by atoms with van der Waals surface area (Å²) in [6.07, 6.45) is 0.870. The Morgan fingerprint density at radius 2 is 2.07 bits per heavy atom. The second-order valence-corrected chi connectivity index (χ2v) is 13.8. The van der Waals surface area contributed by atoms with Gasteiger partial charge in [0, 0.05) is 34.9 Å². The predicted octanol–water partition coefficient (Wildman–Crippen LogP) is 0.727. The van der Waals surface area contributed by atoms with Gasteiger partial charge in [-0.25, -0.2) is 4.79 Å². The first-order valence-corrected chi connectivity index (χ1v) is 16.8. The fraction of sp³-hybridized carbons (Fsp3) is 0.261. The molecular weight excluding hydrogens is 691 g/mol. The first-order valence-electron chi connectivity index (χ1n) is 12.2. The van der Waals surface area contributed by atoms with Crippen molar-refractivity contribution < 1.29 is 34.6 Å². The Kier molecular flexibility index (Phi) is 9.53. The van der Waals surface area contributed by atoms with Crippen molar-refractivity contribution in [2.45, 2.75) is 26.4 Å². The van der Waals surface area contributed by atoms with Crippen molar-refractivity contribution in [2.75, 3.05) is 24.3 Å². The Bertz CT molecular complexity index is 1860. The second kappa shape index (κ2) is 13.4. The molecular formula is C23H19N9O8S5. The fourth-order valence-corrected chi connectivity index (χ4v) is 9.09. The van der Waals surface area contributed by atoms with Crippen LogP contribution in [0.3, 0.4) is 0 Å². The molecule has 6 N–H and O–H groups in total. The summed E-state index contributed by atoms with van der Waals surface area (Å²) < 4.78 is 9.35. The predicted molar refractivity (Wildman–Crippen MR) is 164 cm³/mol. The lowest BCUT2D eigenvalue weighted by Gasteiger charge is -2.49. The number of aliphatic carboxylic acids is 1. The van der Waals surface area contributed by atoms with Gasteiger partial charge < -0.3 is 31.3 Å². The maximum absolute atomic E-state index is 13.1. The zero-order valence-corrected chi connectivity index (χ0v) is 26.6. The molecule has 3 aromatic heterocycles. The highest BCUT2D eigenvalue weighted by molar-refractivity contribution is 8.02. The number of aromatic hydroxyl groups is 1. The normalized spacial score (nSPS) is 17.8. The number of carboxylic acid groups (broad SMARTS) is 1. The second-order valence-electron chi connectivity index (χ2n) is 8.90. The largest absolute Gasteiger partial charge is 0.503 e. The highest BCUT2D eigenvalue weighted by Crippen LogP contribution is 2.43. The Labute approximate surface area is 273 Å². The van der Waals surface area contributed by atoms with Crippen LogP contribution in [0.5, 0.6) is 5.75 Å². The Morgan fingerprint density at radius 3 is 2.73 bits per heavy atom. The van der Waals surface area contributed by atoms with E-state index in [2.05, 4.69) is 30.3 Å². The number of anilines is 1. The molecule has 0 aromatic carbocycles. The minimum atomic E-state index is -1.32. The van der Waals surface area contributed by atoms with E-state index in [0.29, 0.717) is 19.5 Å². The maximum Gasteiger partial charge on any atom is 0.352 e. The number of carboxylic acids is 1. The quantitative estimate of drug-likeness (QED) is 0.0604. The van der Waals surface area contributed by atoms with Crippen molar-refractivity contribution in [1.29, 1.82) is 5.26 Å². The lowest BCUT2D eigenvalue weighted by atomic mass is 10.0. The number of β-lactam (4-membered cyclic amide) rings is 1. The number of nitrogens with two attached hydrogens (primary N) is 1. The molecule has 45 heavy (non-hydrogen) atoms. The molecule has 1 fully saturated rings. The van der Waals surface area contributed by atoms with E-state index >= 15 is 0 Å². The Hall–Kier alpha value is -4.30. The number of carbonyl (C=O) groups excluding carboxylic acids is 2. The standard InChI is InChI=1S/C23H19N9O8S5/c1-40-28-13(16-27-23(25)45-29-16)17(35)26-14-19(36)32-15(21(37)38)8(5-42-20(14)32)6-43-22-10(3-24)18(30-44-22)41-7-9-2-11(33)12(34)4-31(9)39/h2,4,14,20,34,39H,5-7H2,1H3,(H,26,35)(H,37,38)(H2,25,27,29)/b28-13-/t14-,20+/m1/s1. The molecule has 234 valence electrons. The van der Waals surface area contributed by atoms with Gasteiger partial charge in [-0.05, 0) is 17.1 Å². The number of thioether (sulfide) groups is 3. The third kappa shape index (κ3) is 6.43. The summed E-state index contributed by atoms with van der Waals surface area (Å²) in [5.41, 5.74) is 5.29. The summed E-state index contributed by atoms with van der Waals surface area (Å²) in [5, 5.41) is 45.1. The first kappa shape index (κ1) is 32.1. The van der Waals surface area contributed by atoms with Gasteiger partial charge in [0.1, 0.15) is 40.9 Å². The SMILES string of the molecule is CO/N=C(\C(=O)N[C@@H]1C(=O)N2C(C(=O)O)=C(CSc3snc(SCc4cc(=O)c(O)cn4O)c3C#N)CS[C@@H]12)c1nsc(N)n1. The van der Waals surface area contributed by atoms with Crippen molar-refractivity contribution in [3.63, 3.8) is 0 Å². The molecule has 0 radical (unpaired) electrons. The number of nitrogen functional groups attached to an aromatic ring is 1. The van der Waals surface area contributed by atoms with Gasteiger partial charge in [-0.15, -0.1) is 23.5 Å². The molecule has 17 nitrogen and oxygen atoms in total. The summed E-state index contributed by atoms with van der Waals surface area (Å²) in [6.45, 7) is 0. The first-order chi connectivity index (χ1) is 21.5. The number of carbonyl (C=O) groups is 3. The smallest absolute Gasteiger partial charge is 0.352 e. The summed E-state index contributed by atoms with van der Waals surface area (Å²) in [5.74, 6) is -3.00. The van der Waals surface area contributed by atoms with Crippen LogP contribution in [0.25, 0.3) is 0 Å². The van der Waals surface area contributed by atoms with Gasteiger partial charge in [-0.3, -0.25) is 19.3 Å². The van der Waals surface area contributed by atoms with Crippen LogP contribution in [-0.2, 0) is 25.0 Å². The molecule has 1 saturated heterocycles. The molecule has 5 heterocycles. The van der Waals surface area contributed by atoms with E-state index in [9.17, 15) is 39.9 Å². The molecule has 0 saturated carbocycles. The topological polar surface area (TPSA) is 259 Å². The van der Waals surface area contributed by atoms with Crippen LogP contribution in [0, 0.1) is 11.3 Å². The van der Waals surface area contributed by atoms with Crippen LogP contribution >= 0.6 is 58.4 Å². The van der Waals surface area contributed by atoms with Gasteiger partial charge in [0.2, 0.25) is 17.0 Å². The van der Waals surface area contributed by atoms with E-state index < -0.39 is 40.4 Å². The van der Waals surface area contributed by atoms with Crippen LogP contribution in [0.2, 0.25) is 0 Å². The minimum absolute atomic E-state index is 0.0722. The zero-order valence-electron chi connectivity index (χ0n) is 22.6. The van der Waals surface area contributed by atoms with Crippen LogP contribution in [0.1, 0.15) is 17.1 Å². The molecule has 0 unspecified atom stereocenters. The lowest BCUT2D eigenvalue weighted by Crippen LogP contribution is -2.71. The van der Waals surface area contributed by atoms with Crippen LogP contribution in [0.15, 0.2) is 42.7 Å². The van der Waals surface area contributed by atoms with E-state index in [1.807, 2.05) is 0 Å². The number of rotatable bonds is 11. The lowest BCUT2D eigenvalue weighted by molar-refractivity contribution is -0.150. The molecule has 0 bridgehead atoms. The highest BCUT2D eigenvalue weighted by Gasteiger charge is 2.54. The number of amides is 2. The fourth-order valence-electron chi connectivity index (χ4n) is 4.12. The van der Waals surface area contributed by atoms with E-state index in [4.69, 9.17) is 10.6 Å². The summed E-state index contributed by atoms with van der Waals surface area (Å²) >= 11 is 5.42. The molecule has 3 aromatic rings. The third-order valence-electron chi connectivity index (χ3n) is 6.15. The summed E-state index contributed by atoms with van der Waals surface area (Å²) in [4.78, 5) is 59.8. The van der Waals surface area contributed by atoms with Gasteiger partial charge >= 0.3 is 5.97 Å². The number of nitriles is 1. The van der Waals surface area contributed by atoms with E-state index in [0.717, 1.165) is 52.0 Å². The van der Waals surface area contributed by atoms with Crippen LogP contribution in [-0.4, -0.2) is 92.3 Å². The van der Waals surface area contributed by atoms with Gasteiger partial charge in [0.15, 0.2) is 10.9 Å². The van der Waals surface area contributed by atoms with Gasteiger partial charge in [-0.1, -0.05) is 16.9 Å². The Morgan fingerprint density at radius 1 is 1.29 bits per heavy atom. The monoisotopic (exact) mass is 709 g/mol. The number of fused-ring (bicyclic) bond motifs is 1. The van der Waals surface area contributed by atoms with Crippen molar-refractivity contribution >= 4 is 87.0 Å². The Balaban J connectivity index is 1.27. The van der Waals surface area contributed by atoms with Crippen LogP contribution in [0.4, 0.5) is 5.13 Å². The molecule has 22 heteroatoms.